The molecule has 0 bridgehead atoms. The summed E-state index contributed by atoms with van der Waals surface area (Å²) in [4.78, 5) is 26.4. The van der Waals surface area contributed by atoms with Crippen molar-refractivity contribution >= 4 is 40.2 Å². The number of anilines is 1. The van der Waals surface area contributed by atoms with Gasteiger partial charge in [0.05, 0.1) is 0 Å². The third kappa shape index (κ3) is 3.50. The van der Waals surface area contributed by atoms with Crippen LogP contribution in [0.1, 0.15) is 20.8 Å². The number of rotatable bonds is 3. The van der Waals surface area contributed by atoms with E-state index in [4.69, 9.17) is 5.11 Å². The van der Waals surface area contributed by atoms with Gasteiger partial charge in [-0.25, -0.2) is 9.78 Å². The number of nitrogens with zero attached hydrogens (tertiary/aromatic N) is 1. The maximum atomic E-state index is 11.9. The molecule has 0 saturated carbocycles. The van der Waals surface area contributed by atoms with Gasteiger partial charge in [-0.1, -0.05) is 0 Å². The number of halogens is 1. The number of aromatic nitrogens is 1. The quantitative estimate of drug-likeness (QED) is 0.817. The third-order valence-electron chi connectivity index (χ3n) is 2.34. The van der Waals surface area contributed by atoms with E-state index in [2.05, 4.69) is 32.9 Å². The van der Waals surface area contributed by atoms with Crippen molar-refractivity contribution < 1.29 is 14.7 Å². The molecule has 1 amide bonds. The second-order valence-electron chi connectivity index (χ2n) is 3.70. The number of nitrogens with one attached hydrogen (secondary N) is 1. The van der Waals surface area contributed by atoms with Gasteiger partial charge >= 0.3 is 5.97 Å². The van der Waals surface area contributed by atoms with Crippen molar-refractivity contribution in [1.29, 1.82) is 0 Å². The lowest BCUT2D eigenvalue weighted by molar-refractivity contribution is 0.0690. The van der Waals surface area contributed by atoms with E-state index < -0.39 is 5.97 Å². The maximum absolute atomic E-state index is 11.9. The third-order valence-corrected chi connectivity index (χ3v) is 3.06. The first-order valence-electron chi connectivity index (χ1n) is 5.32. The number of aromatic carboxylic acids is 1. The Morgan fingerprint density at radius 3 is 2.47 bits per heavy atom. The van der Waals surface area contributed by atoms with Gasteiger partial charge < -0.3 is 10.4 Å². The summed E-state index contributed by atoms with van der Waals surface area (Å²) in [6.45, 7) is 0. The van der Waals surface area contributed by atoms with Crippen LogP contribution in [0.2, 0.25) is 0 Å². The van der Waals surface area contributed by atoms with E-state index in [0.29, 0.717) is 11.3 Å². The second-order valence-corrected chi connectivity index (χ2v) is 4.94. The number of carbonyl (C=O) groups excluding carboxylic acids is 1. The predicted molar refractivity (Wildman–Crippen MR) is 78.3 cm³/mol. The van der Waals surface area contributed by atoms with Crippen molar-refractivity contribution in [3.63, 3.8) is 0 Å². The molecule has 0 saturated heterocycles. The average Bonchev–Trinajstić information content (AvgIpc) is 2.39. The van der Waals surface area contributed by atoms with Crippen LogP contribution in [0.25, 0.3) is 0 Å². The number of carboxylic acid groups (broad SMARTS) is 1. The summed E-state index contributed by atoms with van der Waals surface area (Å²) < 4.78 is 1.03. The minimum absolute atomic E-state index is 0.111. The zero-order chi connectivity index (χ0) is 13.8. The highest BCUT2D eigenvalue weighted by Gasteiger charge is 2.09. The molecule has 0 aliphatic heterocycles. The minimum atomic E-state index is -1.13. The first-order chi connectivity index (χ1) is 9.06. The molecule has 1 aromatic carbocycles. The Kier molecular flexibility index (Phi) is 4.10. The van der Waals surface area contributed by atoms with Gasteiger partial charge in [-0.15, -0.1) is 0 Å². The largest absolute Gasteiger partial charge is 0.477 e. The number of amides is 1. The Labute approximate surface area is 122 Å². The van der Waals surface area contributed by atoms with Crippen molar-refractivity contribution in [2.24, 2.45) is 0 Å². The molecule has 6 heteroatoms. The summed E-state index contributed by atoms with van der Waals surface area (Å²) >= 11 is 2.15. The topological polar surface area (TPSA) is 79.3 Å². The molecule has 0 radical (unpaired) electrons. The Bertz CT molecular complexity index is 626. The molecular formula is C13H9IN2O3. The summed E-state index contributed by atoms with van der Waals surface area (Å²) in [5.41, 5.74) is 0.797. The van der Waals surface area contributed by atoms with Crippen molar-refractivity contribution in [2.75, 3.05) is 5.32 Å². The number of benzene rings is 1. The Hall–Kier alpha value is -1.96. The summed E-state index contributed by atoms with van der Waals surface area (Å²) in [5.74, 6) is -1.43. The molecule has 0 unspecified atom stereocenters. The van der Waals surface area contributed by atoms with Crippen molar-refractivity contribution in [1.82, 2.24) is 4.98 Å². The van der Waals surface area contributed by atoms with E-state index in [9.17, 15) is 9.59 Å². The zero-order valence-corrected chi connectivity index (χ0v) is 11.8. The van der Waals surface area contributed by atoms with Crippen LogP contribution >= 0.6 is 22.6 Å². The Balaban J connectivity index is 2.17. The Morgan fingerprint density at radius 1 is 1.16 bits per heavy atom. The van der Waals surface area contributed by atoms with Gasteiger partial charge in [-0.05, 0) is 59.0 Å². The van der Waals surface area contributed by atoms with Crippen LogP contribution in [0.4, 0.5) is 5.69 Å². The molecule has 0 spiro atoms. The lowest BCUT2D eigenvalue weighted by atomic mass is 10.2. The number of carboxylic acids is 1. The maximum Gasteiger partial charge on any atom is 0.354 e. The van der Waals surface area contributed by atoms with Crippen molar-refractivity contribution in [2.45, 2.75) is 0 Å². The SMILES string of the molecule is O=C(Nc1ccnc(C(=O)O)c1)c1ccc(I)cc1. The fourth-order valence-corrected chi connectivity index (χ4v) is 1.79. The normalized spacial score (nSPS) is 9.95. The van der Waals surface area contributed by atoms with Crippen LogP contribution in [-0.2, 0) is 0 Å². The smallest absolute Gasteiger partial charge is 0.354 e. The van der Waals surface area contributed by atoms with Crippen LogP contribution in [0, 0.1) is 3.57 Å². The minimum Gasteiger partial charge on any atom is -0.477 e. The molecule has 1 heterocycles. The van der Waals surface area contributed by atoms with Crippen LogP contribution in [0.3, 0.4) is 0 Å². The summed E-state index contributed by atoms with van der Waals surface area (Å²) in [5, 5.41) is 11.4. The van der Waals surface area contributed by atoms with Crippen molar-refractivity contribution in [3.8, 4) is 0 Å². The standard InChI is InChI=1S/C13H9IN2O3/c14-9-3-1-8(2-4-9)12(17)16-10-5-6-15-11(7-10)13(18)19/h1-7H,(H,18,19)(H,15,16,17). The fraction of sp³-hybridized carbons (Fsp3) is 0. The molecule has 2 rings (SSSR count). The lowest BCUT2D eigenvalue weighted by Crippen LogP contribution is -2.12. The van der Waals surface area contributed by atoms with E-state index in [-0.39, 0.29) is 11.6 Å². The number of hydrogen-bond acceptors (Lipinski definition) is 3. The van der Waals surface area contributed by atoms with Gasteiger partial charge in [0.1, 0.15) is 5.69 Å². The molecule has 0 aliphatic carbocycles. The number of hydrogen-bond donors (Lipinski definition) is 2. The highest BCUT2D eigenvalue weighted by molar-refractivity contribution is 14.1. The van der Waals surface area contributed by atoms with Gasteiger partial charge in [-0.2, -0.15) is 0 Å². The van der Waals surface area contributed by atoms with Crippen LogP contribution in [-0.4, -0.2) is 22.0 Å². The number of carbonyl (C=O) groups is 2. The molecule has 0 fully saturated rings. The zero-order valence-electron chi connectivity index (χ0n) is 9.63. The summed E-state index contributed by atoms with van der Waals surface area (Å²) in [6.07, 6.45) is 1.34. The van der Waals surface area contributed by atoms with Gasteiger partial charge in [0.25, 0.3) is 5.91 Å². The molecule has 96 valence electrons. The van der Waals surface area contributed by atoms with E-state index in [1.165, 1.54) is 18.3 Å². The summed E-state index contributed by atoms with van der Waals surface area (Å²) in [7, 11) is 0. The lowest BCUT2D eigenvalue weighted by Gasteiger charge is -2.05. The average molecular weight is 368 g/mol. The van der Waals surface area contributed by atoms with Crippen LogP contribution < -0.4 is 5.32 Å². The first-order valence-corrected chi connectivity index (χ1v) is 6.40. The van der Waals surface area contributed by atoms with E-state index in [1.807, 2.05) is 12.1 Å². The van der Waals surface area contributed by atoms with E-state index in [0.717, 1.165) is 3.57 Å². The molecular weight excluding hydrogens is 359 g/mol. The molecule has 0 aliphatic rings. The van der Waals surface area contributed by atoms with Gasteiger partial charge in [0.2, 0.25) is 0 Å². The number of pyridine rings is 1. The molecule has 19 heavy (non-hydrogen) atoms. The van der Waals surface area contributed by atoms with Crippen molar-refractivity contribution in [3.05, 3.63) is 57.4 Å². The van der Waals surface area contributed by atoms with Gasteiger partial charge in [-0.3, -0.25) is 4.79 Å². The van der Waals surface area contributed by atoms with Gasteiger partial charge in [0.15, 0.2) is 0 Å². The second kappa shape index (κ2) is 5.79. The fourth-order valence-electron chi connectivity index (χ4n) is 1.43. The Morgan fingerprint density at radius 2 is 1.84 bits per heavy atom. The van der Waals surface area contributed by atoms with Gasteiger partial charge in [0, 0.05) is 21.0 Å². The van der Waals surface area contributed by atoms with E-state index in [1.54, 1.807) is 12.1 Å². The van der Waals surface area contributed by atoms with E-state index >= 15 is 0 Å². The molecule has 5 nitrogen and oxygen atoms in total. The molecule has 0 atom stereocenters. The monoisotopic (exact) mass is 368 g/mol. The highest BCUT2D eigenvalue weighted by atomic mass is 127. The molecule has 1 aromatic heterocycles. The predicted octanol–water partition coefficient (Wildman–Crippen LogP) is 2.64. The van der Waals surface area contributed by atoms with Crippen LogP contribution in [0.15, 0.2) is 42.6 Å². The molecule has 2 N–H and O–H groups in total. The highest BCUT2D eigenvalue weighted by Crippen LogP contribution is 2.12. The van der Waals surface area contributed by atoms with Crippen LogP contribution in [0.5, 0.6) is 0 Å². The summed E-state index contributed by atoms with van der Waals surface area (Å²) in [6, 6.07) is 9.91. The first kappa shape index (κ1) is 13.5. The molecule has 2 aromatic rings.